The Morgan fingerprint density at radius 2 is 1.89 bits per heavy atom. The van der Waals surface area contributed by atoms with E-state index in [9.17, 15) is 4.79 Å². The van der Waals surface area contributed by atoms with Gasteiger partial charge in [0.1, 0.15) is 0 Å². The van der Waals surface area contributed by atoms with E-state index in [1.165, 1.54) is 7.11 Å². The number of aromatic nitrogens is 1. The molecule has 98 valence electrons. The molecule has 0 fully saturated rings. The molecule has 0 bridgehead atoms. The Hall–Kier alpha value is -2.16. The van der Waals surface area contributed by atoms with E-state index in [4.69, 9.17) is 4.74 Å². The summed E-state index contributed by atoms with van der Waals surface area (Å²) in [6.07, 6.45) is 4.30. The van der Waals surface area contributed by atoms with Gasteiger partial charge in [-0.15, -0.1) is 0 Å². The number of rotatable bonds is 3. The maximum Gasteiger partial charge on any atom is 0.338 e. The van der Waals surface area contributed by atoms with E-state index >= 15 is 0 Å². The van der Waals surface area contributed by atoms with Crippen LogP contribution in [0.15, 0.2) is 36.7 Å². The van der Waals surface area contributed by atoms with Crippen LogP contribution >= 0.6 is 0 Å². The van der Waals surface area contributed by atoms with Gasteiger partial charge in [-0.1, -0.05) is 13.0 Å². The van der Waals surface area contributed by atoms with Gasteiger partial charge in [0.2, 0.25) is 0 Å². The van der Waals surface area contributed by atoms with Gasteiger partial charge in [-0.25, -0.2) is 4.79 Å². The fourth-order valence-electron chi connectivity index (χ4n) is 2.29. The predicted molar refractivity (Wildman–Crippen MR) is 75.1 cm³/mol. The maximum absolute atomic E-state index is 11.9. The first-order valence-corrected chi connectivity index (χ1v) is 6.29. The molecule has 0 aliphatic rings. The first-order chi connectivity index (χ1) is 9.17. The molecule has 19 heavy (non-hydrogen) atoms. The molecule has 0 atom stereocenters. The van der Waals surface area contributed by atoms with Crippen molar-refractivity contribution >= 4 is 5.97 Å². The molecule has 1 aromatic heterocycles. The summed E-state index contributed by atoms with van der Waals surface area (Å²) in [5.41, 5.74) is 4.86. The number of nitrogens with zero attached hydrogens (tertiary/aromatic N) is 1. The van der Waals surface area contributed by atoms with E-state index in [0.29, 0.717) is 5.56 Å². The monoisotopic (exact) mass is 255 g/mol. The van der Waals surface area contributed by atoms with Crippen LogP contribution in [0.3, 0.4) is 0 Å². The van der Waals surface area contributed by atoms with Gasteiger partial charge in [0.25, 0.3) is 0 Å². The van der Waals surface area contributed by atoms with Crippen LogP contribution in [0, 0.1) is 6.92 Å². The number of pyridine rings is 1. The highest BCUT2D eigenvalue weighted by Crippen LogP contribution is 2.26. The van der Waals surface area contributed by atoms with Gasteiger partial charge in [0.05, 0.1) is 12.7 Å². The molecule has 0 saturated carbocycles. The lowest BCUT2D eigenvalue weighted by atomic mass is 9.94. The molecule has 0 aliphatic heterocycles. The van der Waals surface area contributed by atoms with Gasteiger partial charge in [0, 0.05) is 12.4 Å². The largest absolute Gasteiger partial charge is 0.465 e. The van der Waals surface area contributed by atoms with Crippen LogP contribution < -0.4 is 0 Å². The van der Waals surface area contributed by atoms with Gasteiger partial charge in [-0.3, -0.25) is 4.98 Å². The SMILES string of the molecule is CCc1c(C)cc(-c2ccncc2)cc1C(=O)OC. The van der Waals surface area contributed by atoms with Crippen molar-refractivity contribution in [2.24, 2.45) is 0 Å². The third kappa shape index (κ3) is 2.65. The van der Waals surface area contributed by atoms with Crippen LogP contribution in [-0.2, 0) is 11.2 Å². The number of carbonyl (C=O) groups is 1. The van der Waals surface area contributed by atoms with E-state index in [-0.39, 0.29) is 5.97 Å². The van der Waals surface area contributed by atoms with Crippen molar-refractivity contribution in [3.8, 4) is 11.1 Å². The molecule has 0 aliphatic carbocycles. The van der Waals surface area contributed by atoms with Gasteiger partial charge < -0.3 is 4.74 Å². The summed E-state index contributed by atoms with van der Waals surface area (Å²) in [5.74, 6) is -0.282. The minimum atomic E-state index is -0.282. The molecule has 0 spiro atoms. The summed E-state index contributed by atoms with van der Waals surface area (Å²) in [4.78, 5) is 15.9. The number of hydrogen-bond acceptors (Lipinski definition) is 3. The van der Waals surface area contributed by atoms with E-state index in [1.807, 2.05) is 32.0 Å². The zero-order valence-corrected chi connectivity index (χ0v) is 11.4. The zero-order valence-electron chi connectivity index (χ0n) is 11.4. The first-order valence-electron chi connectivity index (χ1n) is 6.29. The highest BCUT2D eigenvalue weighted by atomic mass is 16.5. The minimum absolute atomic E-state index is 0.282. The van der Waals surface area contributed by atoms with Crippen molar-refractivity contribution in [1.29, 1.82) is 0 Å². The average Bonchev–Trinajstić information content (AvgIpc) is 2.46. The Labute approximate surface area is 113 Å². The molecule has 0 N–H and O–H groups in total. The number of esters is 1. The number of hydrogen-bond donors (Lipinski definition) is 0. The third-order valence-electron chi connectivity index (χ3n) is 3.25. The summed E-state index contributed by atoms with van der Waals surface area (Å²) in [5, 5.41) is 0. The van der Waals surface area contributed by atoms with Gasteiger partial charge in [0.15, 0.2) is 0 Å². The van der Waals surface area contributed by atoms with Crippen molar-refractivity contribution in [2.75, 3.05) is 7.11 Å². The zero-order chi connectivity index (χ0) is 13.8. The fourth-order valence-corrected chi connectivity index (χ4v) is 2.29. The van der Waals surface area contributed by atoms with Gasteiger partial charge >= 0.3 is 5.97 Å². The molecule has 1 aromatic carbocycles. The second-order valence-electron chi connectivity index (χ2n) is 4.40. The molecule has 0 unspecified atom stereocenters. The summed E-state index contributed by atoms with van der Waals surface area (Å²) in [6.45, 7) is 4.07. The molecular formula is C16H17NO2. The minimum Gasteiger partial charge on any atom is -0.465 e. The number of aryl methyl sites for hydroxylation is 1. The molecule has 0 amide bonds. The van der Waals surface area contributed by atoms with Crippen molar-refractivity contribution in [3.63, 3.8) is 0 Å². The van der Waals surface area contributed by atoms with Gasteiger partial charge in [-0.05, 0) is 53.8 Å². The normalized spacial score (nSPS) is 10.3. The molecule has 0 radical (unpaired) electrons. The van der Waals surface area contributed by atoms with Crippen molar-refractivity contribution in [2.45, 2.75) is 20.3 Å². The summed E-state index contributed by atoms with van der Waals surface area (Å²) < 4.78 is 4.87. The van der Waals surface area contributed by atoms with Crippen LogP contribution in [0.1, 0.15) is 28.4 Å². The van der Waals surface area contributed by atoms with Crippen LogP contribution in [0.4, 0.5) is 0 Å². The molecule has 1 heterocycles. The lowest BCUT2D eigenvalue weighted by Gasteiger charge is -2.12. The lowest BCUT2D eigenvalue weighted by Crippen LogP contribution is -2.07. The van der Waals surface area contributed by atoms with Crippen molar-refractivity contribution in [1.82, 2.24) is 4.98 Å². The third-order valence-corrected chi connectivity index (χ3v) is 3.25. The Kier molecular flexibility index (Phi) is 3.95. The summed E-state index contributed by atoms with van der Waals surface area (Å²) in [7, 11) is 1.41. The second kappa shape index (κ2) is 5.65. The number of carbonyl (C=O) groups excluding carboxylic acids is 1. The molecule has 2 aromatic rings. The van der Waals surface area contributed by atoms with E-state index in [2.05, 4.69) is 11.1 Å². The molecule has 0 saturated heterocycles. The predicted octanol–water partition coefficient (Wildman–Crippen LogP) is 3.41. The fraction of sp³-hybridized carbons (Fsp3) is 0.250. The first kappa shape index (κ1) is 13.3. The highest BCUT2D eigenvalue weighted by Gasteiger charge is 2.14. The van der Waals surface area contributed by atoms with Gasteiger partial charge in [-0.2, -0.15) is 0 Å². The smallest absolute Gasteiger partial charge is 0.338 e. The van der Waals surface area contributed by atoms with Crippen LogP contribution in [0.5, 0.6) is 0 Å². The number of methoxy groups -OCH3 is 1. The van der Waals surface area contributed by atoms with Crippen LogP contribution in [0.25, 0.3) is 11.1 Å². The molecule has 3 heteroatoms. The standard InChI is InChI=1S/C16H17NO2/c1-4-14-11(2)9-13(10-15(14)16(18)19-3)12-5-7-17-8-6-12/h5-10H,4H2,1-3H3. The van der Waals surface area contributed by atoms with E-state index in [1.54, 1.807) is 12.4 Å². The molecular weight excluding hydrogens is 238 g/mol. The summed E-state index contributed by atoms with van der Waals surface area (Å²) >= 11 is 0. The lowest BCUT2D eigenvalue weighted by molar-refractivity contribution is 0.0599. The number of benzene rings is 1. The van der Waals surface area contributed by atoms with E-state index in [0.717, 1.165) is 28.7 Å². The molecule has 2 rings (SSSR count). The number of ether oxygens (including phenoxy) is 1. The Balaban J connectivity index is 2.60. The van der Waals surface area contributed by atoms with Crippen molar-refractivity contribution in [3.05, 3.63) is 53.3 Å². The van der Waals surface area contributed by atoms with Crippen LogP contribution in [-0.4, -0.2) is 18.1 Å². The Morgan fingerprint density at radius 3 is 2.47 bits per heavy atom. The maximum atomic E-state index is 11.9. The second-order valence-corrected chi connectivity index (χ2v) is 4.40. The topological polar surface area (TPSA) is 39.2 Å². The van der Waals surface area contributed by atoms with Crippen molar-refractivity contribution < 1.29 is 9.53 Å². The Bertz CT molecular complexity index is 591. The molecule has 3 nitrogen and oxygen atoms in total. The summed E-state index contributed by atoms with van der Waals surface area (Å²) in [6, 6.07) is 7.86. The van der Waals surface area contributed by atoms with Crippen LogP contribution in [0.2, 0.25) is 0 Å². The Morgan fingerprint density at radius 1 is 1.21 bits per heavy atom. The quantitative estimate of drug-likeness (QED) is 0.789. The highest BCUT2D eigenvalue weighted by molar-refractivity contribution is 5.93. The van der Waals surface area contributed by atoms with E-state index < -0.39 is 0 Å². The average molecular weight is 255 g/mol.